The average Bonchev–Trinajstić information content (AvgIpc) is 2.27. The molecule has 0 aliphatic heterocycles. The Balaban J connectivity index is 2.56. The van der Waals surface area contributed by atoms with Gasteiger partial charge in [-0.2, -0.15) is 5.26 Å². The summed E-state index contributed by atoms with van der Waals surface area (Å²) in [6, 6.07) is 1.91. The number of ether oxygens (including phenoxy) is 1. The Morgan fingerprint density at radius 3 is 2.67 bits per heavy atom. The molecule has 5 nitrogen and oxygen atoms in total. The monoisotopic (exact) mass is 206 g/mol. The van der Waals surface area contributed by atoms with E-state index in [4.69, 9.17) is 10.00 Å². The third kappa shape index (κ3) is 3.52. The minimum Gasteiger partial charge on any atom is -0.377 e. The second-order valence-corrected chi connectivity index (χ2v) is 3.72. The molecule has 1 N–H and O–H groups in total. The van der Waals surface area contributed by atoms with Crippen LogP contribution >= 0.6 is 0 Å². The minimum atomic E-state index is -0.254. The topological polar surface area (TPSA) is 70.8 Å². The second-order valence-electron chi connectivity index (χ2n) is 3.72. The van der Waals surface area contributed by atoms with Crippen LogP contribution in [0.2, 0.25) is 0 Å². The normalized spacial score (nSPS) is 10.8. The van der Waals surface area contributed by atoms with Crippen molar-refractivity contribution in [3.05, 3.63) is 18.1 Å². The van der Waals surface area contributed by atoms with Gasteiger partial charge in [0.05, 0.1) is 18.0 Å². The highest BCUT2D eigenvalue weighted by Gasteiger charge is 2.15. The highest BCUT2D eigenvalue weighted by Crippen LogP contribution is 2.09. The van der Waals surface area contributed by atoms with Gasteiger partial charge in [0.25, 0.3) is 0 Å². The summed E-state index contributed by atoms with van der Waals surface area (Å²) in [5.41, 5.74) is 0.0572. The predicted octanol–water partition coefficient (Wildman–Crippen LogP) is 1.19. The number of aromatic nitrogens is 2. The highest BCUT2D eigenvalue weighted by atomic mass is 16.5. The van der Waals surface area contributed by atoms with Crippen LogP contribution in [-0.2, 0) is 4.74 Å². The molecule has 0 atom stereocenters. The van der Waals surface area contributed by atoms with Crippen molar-refractivity contribution in [1.82, 2.24) is 9.97 Å². The molecule has 15 heavy (non-hydrogen) atoms. The van der Waals surface area contributed by atoms with Crippen molar-refractivity contribution in [2.75, 3.05) is 19.0 Å². The number of nitrogens with one attached hydrogen (secondary N) is 1. The molecule has 0 aromatic carbocycles. The van der Waals surface area contributed by atoms with Crippen molar-refractivity contribution in [2.24, 2.45) is 0 Å². The smallest absolute Gasteiger partial charge is 0.158 e. The molecule has 0 unspecified atom stereocenters. The molecular formula is C10H14N4O. The van der Waals surface area contributed by atoms with E-state index in [1.165, 1.54) is 12.4 Å². The number of hydrogen-bond acceptors (Lipinski definition) is 5. The second kappa shape index (κ2) is 4.71. The SMILES string of the molecule is COC(C)(C)CNc1cnc(C#N)cn1. The van der Waals surface area contributed by atoms with Gasteiger partial charge in [0, 0.05) is 13.7 Å². The maximum Gasteiger partial charge on any atom is 0.158 e. The molecule has 0 aliphatic carbocycles. The molecule has 1 heterocycles. The molecule has 0 saturated carbocycles. The van der Waals surface area contributed by atoms with E-state index in [2.05, 4.69) is 15.3 Å². The van der Waals surface area contributed by atoms with Crippen LogP contribution in [0.1, 0.15) is 19.5 Å². The maximum atomic E-state index is 8.53. The largest absolute Gasteiger partial charge is 0.377 e. The first-order valence-corrected chi connectivity index (χ1v) is 4.58. The van der Waals surface area contributed by atoms with Crippen molar-refractivity contribution < 1.29 is 4.74 Å². The highest BCUT2D eigenvalue weighted by molar-refractivity contribution is 5.33. The third-order valence-corrected chi connectivity index (χ3v) is 2.01. The van der Waals surface area contributed by atoms with Crippen LogP contribution < -0.4 is 5.32 Å². The van der Waals surface area contributed by atoms with E-state index in [1.54, 1.807) is 7.11 Å². The van der Waals surface area contributed by atoms with Gasteiger partial charge in [-0.05, 0) is 13.8 Å². The van der Waals surface area contributed by atoms with Gasteiger partial charge in [0.2, 0.25) is 0 Å². The standard InChI is InChI=1S/C10H14N4O/c1-10(2,15-3)7-14-9-6-12-8(4-11)5-13-9/h5-6H,7H2,1-3H3,(H,13,14). The Bertz CT molecular complexity index is 353. The lowest BCUT2D eigenvalue weighted by Gasteiger charge is -2.23. The Morgan fingerprint density at radius 2 is 2.20 bits per heavy atom. The number of rotatable bonds is 4. The Hall–Kier alpha value is -1.67. The lowest BCUT2D eigenvalue weighted by Crippen LogP contribution is -2.32. The summed E-state index contributed by atoms with van der Waals surface area (Å²) in [6.07, 6.45) is 2.96. The van der Waals surface area contributed by atoms with Gasteiger partial charge in [-0.25, -0.2) is 9.97 Å². The molecule has 0 radical (unpaired) electrons. The number of nitrogens with zero attached hydrogens (tertiary/aromatic N) is 3. The predicted molar refractivity (Wildman–Crippen MR) is 56.3 cm³/mol. The van der Waals surface area contributed by atoms with Crippen molar-refractivity contribution in [1.29, 1.82) is 5.26 Å². The summed E-state index contributed by atoms with van der Waals surface area (Å²) in [6.45, 7) is 4.57. The molecule has 1 aromatic rings. The Morgan fingerprint density at radius 1 is 1.47 bits per heavy atom. The molecule has 0 saturated heterocycles. The van der Waals surface area contributed by atoms with Gasteiger partial charge in [-0.15, -0.1) is 0 Å². The number of hydrogen-bond donors (Lipinski definition) is 1. The lowest BCUT2D eigenvalue weighted by atomic mass is 10.1. The first-order valence-electron chi connectivity index (χ1n) is 4.58. The van der Waals surface area contributed by atoms with Crippen LogP contribution in [0, 0.1) is 11.3 Å². The van der Waals surface area contributed by atoms with E-state index < -0.39 is 0 Å². The van der Waals surface area contributed by atoms with Crippen LogP contribution in [0.25, 0.3) is 0 Å². The molecule has 0 bridgehead atoms. The summed E-state index contributed by atoms with van der Waals surface area (Å²) in [7, 11) is 1.66. The number of anilines is 1. The fraction of sp³-hybridized carbons (Fsp3) is 0.500. The first-order chi connectivity index (χ1) is 7.07. The molecule has 0 spiro atoms. The molecule has 0 amide bonds. The molecule has 1 aromatic heterocycles. The lowest BCUT2D eigenvalue weighted by molar-refractivity contribution is 0.0343. The zero-order chi connectivity index (χ0) is 11.3. The maximum absolute atomic E-state index is 8.53. The van der Waals surface area contributed by atoms with Gasteiger partial charge in [-0.3, -0.25) is 0 Å². The Kier molecular flexibility index (Phi) is 3.58. The molecule has 1 rings (SSSR count). The van der Waals surface area contributed by atoms with E-state index in [0.29, 0.717) is 18.1 Å². The Labute approximate surface area is 89.1 Å². The van der Waals surface area contributed by atoms with Gasteiger partial charge < -0.3 is 10.1 Å². The number of methoxy groups -OCH3 is 1. The van der Waals surface area contributed by atoms with Gasteiger partial charge in [0.15, 0.2) is 5.69 Å². The van der Waals surface area contributed by atoms with E-state index in [0.717, 1.165) is 0 Å². The summed E-state index contributed by atoms with van der Waals surface area (Å²) in [5.74, 6) is 0.638. The third-order valence-electron chi connectivity index (χ3n) is 2.01. The van der Waals surface area contributed by atoms with Crippen LogP contribution in [0.5, 0.6) is 0 Å². The first kappa shape index (κ1) is 11.4. The molecule has 0 fully saturated rings. The van der Waals surface area contributed by atoms with Crippen LogP contribution in [0.15, 0.2) is 12.4 Å². The summed E-state index contributed by atoms with van der Waals surface area (Å²) in [4.78, 5) is 7.93. The summed E-state index contributed by atoms with van der Waals surface area (Å²) < 4.78 is 5.24. The van der Waals surface area contributed by atoms with Crippen LogP contribution in [-0.4, -0.2) is 29.2 Å². The summed E-state index contributed by atoms with van der Waals surface area (Å²) in [5, 5.41) is 11.6. The zero-order valence-corrected chi connectivity index (χ0v) is 9.11. The molecular weight excluding hydrogens is 192 g/mol. The van der Waals surface area contributed by atoms with E-state index in [1.807, 2.05) is 19.9 Å². The van der Waals surface area contributed by atoms with Crippen molar-refractivity contribution in [3.63, 3.8) is 0 Å². The quantitative estimate of drug-likeness (QED) is 0.801. The fourth-order valence-corrected chi connectivity index (χ4v) is 0.853. The van der Waals surface area contributed by atoms with Gasteiger partial charge in [0.1, 0.15) is 11.9 Å². The number of nitriles is 1. The van der Waals surface area contributed by atoms with Crippen molar-refractivity contribution in [2.45, 2.75) is 19.4 Å². The zero-order valence-electron chi connectivity index (χ0n) is 9.11. The fourth-order valence-electron chi connectivity index (χ4n) is 0.853. The molecule has 5 heteroatoms. The van der Waals surface area contributed by atoms with Gasteiger partial charge >= 0.3 is 0 Å². The average molecular weight is 206 g/mol. The molecule has 0 aliphatic rings. The summed E-state index contributed by atoms with van der Waals surface area (Å²) >= 11 is 0. The van der Waals surface area contributed by atoms with Gasteiger partial charge in [-0.1, -0.05) is 0 Å². The van der Waals surface area contributed by atoms with Crippen LogP contribution in [0.4, 0.5) is 5.82 Å². The van der Waals surface area contributed by atoms with E-state index in [-0.39, 0.29) is 5.60 Å². The van der Waals surface area contributed by atoms with Crippen molar-refractivity contribution >= 4 is 5.82 Å². The molecule has 80 valence electrons. The van der Waals surface area contributed by atoms with Crippen molar-refractivity contribution in [3.8, 4) is 6.07 Å². The minimum absolute atomic E-state index is 0.254. The van der Waals surface area contributed by atoms with E-state index >= 15 is 0 Å². The van der Waals surface area contributed by atoms with Crippen LogP contribution in [0.3, 0.4) is 0 Å². The van der Waals surface area contributed by atoms with E-state index in [9.17, 15) is 0 Å².